The van der Waals surface area contributed by atoms with Gasteiger partial charge in [0.15, 0.2) is 5.16 Å². The average molecular weight is 420 g/mol. The van der Waals surface area contributed by atoms with Gasteiger partial charge in [0.1, 0.15) is 11.3 Å². The molecular weight excluding hydrogens is 404 g/mol. The van der Waals surface area contributed by atoms with Crippen molar-refractivity contribution in [1.82, 2.24) is 19.2 Å². The number of fused-ring (bicyclic) bond motifs is 4. The molecule has 0 fully saturated rings. The van der Waals surface area contributed by atoms with Gasteiger partial charge in [-0.05, 0) is 29.8 Å². The lowest BCUT2D eigenvalue weighted by molar-refractivity contribution is 0.414. The van der Waals surface area contributed by atoms with Gasteiger partial charge in [-0.3, -0.25) is 13.8 Å². The van der Waals surface area contributed by atoms with Crippen LogP contribution in [-0.2, 0) is 12.8 Å². The molecule has 30 heavy (non-hydrogen) atoms. The number of hydrogen-bond donors (Lipinski definition) is 0. The van der Waals surface area contributed by atoms with Crippen molar-refractivity contribution in [3.63, 3.8) is 0 Å². The van der Waals surface area contributed by atoms with Crippen LogP contribution in [0.5, 0.6) is 5.75 Å². The lowest BCUT2D eigenvalue weighted by atomic mass is 10.1. The molecule has 0 aliphatic rings. The molecule has 0 bridgehead atoms. The Morgan fingerprint density at radius 3 is 2.73 bits per heavy atom. The first-order chi connectivity index (χ1) is 14.6. The van der Waals surface area contributed by atoms with E-state index in [4.69, 9.17) is 9.15 Å². The number of benzene rings is 2. The topological polar surface area (TPSA) is 91.6 Å². The number of thioether (sulfide) groups is 1. The Labute approximate surface area is 173 Å². The van der Waals surface area contributed by atoms with Crippen LogP contribution in [0.1, 0.15) is 5.56 Å². The third-order valence-corrected chi connectivity index (χ3v) is 5.97. The molecule has 2 aromatic carbocycles. The number of rotatable bonds is 4. The first kappa shape index (κ1) is 18.4. The number of methoxy groups -OCH3 is 1. The first-order valence-corrected chi connectivity index (χ1v) is 10.1. The number of aromatic nitrogens is 4. The molecule has 0 aliphatic carbocycles. The van der Waals surface area contributed by atoms with Crippen molar-refractivity contribution in [2.45, 2.75) is 10.9 Å². The van der Waals surface area contributed by atoms with E-state index in [1.54, 1.807) is 26.3 Å². The number of ether oxygens (including phenoxy) is 1. The van der Waals surface area contributed by atoms with E-state index >= 15 is 0 Å². The van der Waals surface area contributed by atoms with Gasteiger partial charge in [-0.1, -0.05) is 23.9 Å². The minimum absolute atomic E-state index is 0.123. The van der Waals surface area contributed by atoms with Crippen LogP contribution in [0.15, 0.2) is 67.7 Å². The van der Waals surface area contributed by atoms with Gasteiger partial charge in [0.05, 0.1) is 18.0 Å². The molecule has 0 saturated heterocycles. The van der Waals surface area contributed by atoms with Crippen molar-refractivity contribution in [1.29, 1.82) is 0 Å². The van der Waals surface area contributed by atoms with Crippen LogP contribution in [0.25, 0.3) is 27.6 Å². The highest BCUT2D eigenvalue weighted by Crippen LogP contribution is 2.28. The second-order valence-electron chi connectivity index (χ2n) is 6.74. The van der Waals surface area contributed by atoms with Crippen LogP contribution in [0.4, 0.5) is 0 Å². The van der Waals surface area contributed by atoms with Crippen LogP contribution in [0.2, 0.25) is 0 Å². The normalized spacial score (nSPS) is 11.5. The maximum absolute atomic E-state index is 12.6. The highest BCUT2D eigenvalue weighted by Gasteiger charge is 2.16. The molecule has 3 heterocycles. The van der Waals surface area contributed by atoms with Gasteiger partial charge in [0, 0.05) is 30.3 Å². The van der Waals surface area contributed by atoms with Crippen LogP contribution >= 0.6 is 11.8 Å². The summed E-state index contributed by atoms with van der Waals surface area (Å²) in [6, 6.07) is 14.2. The first-order valence-electron chi connectivity index (χ1n) is 9.13. The van der Waals surface area contributed by atoms with Crippen molar-refractivity contribution in [3.8, 4) is 5.75 Å². The zero-order valence-electron chi connectivity index (χ0n) is 16.2. The quantitative estimate of drug-likeness (QED) is 0.326. The van der Waals surface area contributed by atoms with E-state index in [9.17, 15) is 9.59 Å². The molecule has 0 saturated carbocycles. The molecule has 5 rings (SSSR count). The van der Waals surface area contributed by atoms with Crippen molar-refractivity contribution >= 4 is 39.4 Å². The fourth-order valence-corrected chi connectivity index (χ4v) is 4.43. The number of hydrogen-bond acceptors (Lipinski definition) is 7. The third kappa shape index (κ3) is 2.86. The van der Waals surface area contributed by atoms with Gasteiger partial charge in [-0.25, -0.2) is 4.79 Å². The van der Waals surface area contributed by atoms with E-state index in [2.05, 4.69) is 10.2 Å². The van der Waals surface area contributed by atoms with Gasteiger partial charge in [-0.15, -0.1) is 10.2 Å². The molecule has 0 N–H and O–H groups in total. The fraction of sp³-hybridized carbons (Fsp3) is 0.143. The molecule has 5 aromatic rings. The average Bonchev–Trinajstić information content (AvgIpc) is 3.19. The Bertz CT molecular complexity index is 1550. The zero-order chi connectivity index (χ0) is 20.8. The minimum Gasteiger partial charge on any atom is -0.497 e. The third-order valence-electron chi connectivity index (χ3n) is 4.99. The summed E-state index contributed by atoms with van der Waals surface area (Å²) in [5, 5.41) is 10.5. The van der Waals surface area contributed by atoms with Crippen LogP contribution in [0.3, 0.4) is 0 Å². The summed E-state index contributed by atoms with van der Waals surface area (Å²) >= 11 is 1.43. The minimum atomic E-state index is -0.426. The number of para-hydroxylation sites is 1. The summed E-state index contributed by atoms with van der Waals surface area (Å²) in [7, 11) is 3.24. The standard InChI is InChI=1S/C21H16N4O4S/c1-24-19(27)15-5-3-4-6-16(15)25-20(24)22-23-21(25)30-11-12-9-18(26)29-17-10-13(28-2)7-8-14(12)17/h3-10H,11H2,1-2H3. The Morgan fingerprint density at radius 1 is 1.07 bits per heavy atom. The number of nitrogens with zero attached hydrogens (tertiary/aromatic N) is 4. The van der Waals surface area contributed by atoms with E-state index in [-0.39, 0.29) is 5.56 Å². The van der Waals surface area contributed by atoms with Crippen molar-refractivity contribution in [3.05, 3.63) is 74.9 Å². The highest BCUT2D eigenvalue weighted by molar-refractivity contribution is 7.98. The lowest BCUT2D eigenvalue weighted by Gasteiger charge is -2.08. The van der Waals surface area contributed by atoms with Crippen molar-refractivity contribution < 1.29 is 9.15 Å². The molecule has 0 aliphatic heterocycles. The molecule has 0 spiro atoms. The fourth-order valence-electron chi connectivity index (χ4n) is 3.50. The van der Waals surface area contributed by atoms with E-state index < -0.39 is 5.63 Å². The Morgan fingerprint density at radius 2 is 1.90 bits per heavy atom. The predicted molar refractivity (Wildman–Crippen MR) is 114 cm³/mol. The van der Waals surface area contributed by atoms with E-state index in [0.717, 1.165) is 16.5 Å². The summed E-state index contributed by atoms with van der Waals surface area (Å²) in [6.07, 6.45) is 0. The Balaban J connectivity index is 1.61. The second-order valence-corrected chi connectivity index (χ2v) is 7.68. The van der Waals surface area contributed by atoms with Gasteiger partial charge in [-0.2, -0.15) is 0 Å². The second kappa shape index (κ2) is 7.03. The molecule has 8 nitrogen and oxygen atoms in total. The molecule has 3 aromatic heterocycles. The Hall–Kier alpha value is -3.59. The van der Waals surface area contributed by atoms with Crippen LogP contribution in [-0.4, -0.2) is 26.3 Å². The van der Waals surface area contributed by atoms with E-state index in [0.29, 0.717) is 33.4 Å². The molecule has 0 radical (unpaired) electrons. The largest absolute Gasteiger partial charge is 0.497 e. The van der Waals surface area contributed by atoms with Gasteiger partial charge < -0.3 is 9.15 Å². The molecule has 9 heteroatoms. The maximum atomic E-state index is 12.6. The predicted octanol–water partition coefficient (Wildman–Crippen LogP) is 2.99. The zero-order valence-corrected chi connectivity index (χ0v) is 17.0. The van der Waals surface area contributed by atoms with Crippen molar-refractivity contribution in [2.75, 3.05) is 7.11 Å². The SMILES string of the molecule is COc1ccc2c(CSc3nnc4n(C)c(=O)c5ccccc5n34)cc(=O)oc2c1. The molecule has 150 valence electrons. The van der Waals surface area contributed by atoms with Gasteiger partial charge in [0.25, 0.3) is 5.56 Å². The highest BCUT2D eigenvalue weighted by atomic mass is 32.2. The van der Waals surface area contributed by atoms with Crippen LogP contribution in [0, 0.1) is 0 Å². The maximum Gasteiger partial charge on any atom is 0.336 e. The van der Waals surface area contributed by atoms with E-state index in [1.807, 2.05) is 34.7 Å². The molecule has 0 unspecified atom stereocenters. The Kier molecular flexibility index (Phi) is 4.32. The molecule has 0 amide bonds. The summed E-state index contributed by atoms with van der Waals surface area (Å²) < 4.78 is 13.9. The molecule has 0 atom stereocenters. The van der Waals surface area contributed by atoms with E-state index in [1.165, 1.54) is 22.4 Å². The van der Waals surface area contributed by atoms with Crippen LogP contribution < -0.4 is 15.9 Å². The smallest absolute Gasteiger partial charge is 0.336 e. The summed E-state index contributed by atoms with van der Waals surface area (Å²) in [6.45, 7) is 0. The number of aryl methyl sites for hydroxylation is 1. The summed E-state index contributed by atoms with van der Waals surface area (Å²) in [5.41, 5.74) is 1.48. The monoisotopic (exact) mass is 420 g/mol. The summed E-state index contributed by atoms with van der Waals surface area (Å²) in [4.78, 5) is 24.6. The van der Waals surface area contributed by atoms with Gasteiger partial charge in [0.2, 0.25) is 5.78 Å². The van der Waals surface area contributed by atoms with Crippen molar-refractivity contribution in [2.24, 2.45) is 7.05 Å². The summed E-state index contributed by atoms with van der Waals surface area (Å²) in [5.74, 6) is 1.56. The van der Waals surface area contributed by atoms with Gasteiger partial charge >= 0.3 is 5.63 Å². The molecular formula is C21H16N4O4S. The lowest BCUT2D eigenvalue weighted by Crippen LogP contribution is -2.20.